The highest BCUT2D eigenvalue weighted by Gasteiger charge is 2.22. The highest BCUT2D eigenvalue weighted by Crippen LogP contribution is 2.27. The van der Waals surface area contributed by atoms with E-state index in [4.69, 9.17) is 0 Å². The number of Topliss-reactive ketones (excluding diaryl/α,β-unsaturated/α-hetero) is 1. The molecule has 0 heterocycles. The number of anilines is 1. The van der Waals surface area contributed by atoms with E-state index in [1.54, 1.807) is 12.3 Å². The summed E-state index contributed by atoms with van der Waals surface area (Å²) in [7, 11) is 0. The first-order valence-corrected chi connectivity index (χ1v) is 6.37. The molecule has 1 unspecified atom stereocenters. The summed E-state index contributed by atoms with van der Waals surface area (Å²) in [6.07, 6.45) is 4.59. The number of nitrogens with one attached hydrogen (secondary N) is 1. The molecule has 0 bridgehead atoms. The van der Waals surface area contributed by atoms with Crippen molar-refractivity contribution in [3.05, 3.63) is 35.5 Å². The van der Waals surface area contributed by atoms with Crippen LogP contribution in [-0.2, 0) is 4.79 Å². The van der Waals surface area contributed by atoms with Crippen molar-refractivity contribution in [2.75, 3.05) is 5.32 Å². The zero-order valence-electron chi connectivity index (χ0n) is 10.9. The van der Waals surface area contributed by atoms with Crippen LogP contribution in [0, 0.1) is 12.8 Å². The Morgan fingerprint density at radius 3 is 2.94 bits per heavy atom. The fourth-order valence-corrected chi connectivity index (χ4v) is 2.24. The first-order valence-electron chi connectivity index (χ1n) is 6.37. The predicted octanol–water partition coefficient (Wildman–Crippen LogP) is 3.39. The quantitative estimate of drug-likeness (QED) is 0.620. The van der Waals surface area contributed by atoms with Gasteiger partial charge in [-0.2, -0.15) is 0 Å². The third-order valence-electron chi connectivity index (χ3n) is 3.40. The monoisotopic (exact) mass is 245 g/mol. The molecular weight excluding hydrogens is 226 g/mol. The van der Waals surface area contributed by atoms with Gasteiger partial charge < -0.3 is 10.4 Å². The number of ketones is 1. The van der Waals surface area contributed by atoms with E-state index in [2.05, 4.69) is 5.32 Å². The number of aryl methyl sites for hydroxylation is 1. The molecule has 1 aromatic carbocycles. The van der Waals surface area contributed by atoms with Gasteiger partial charge in [0.25, 0.3) is 0 Å². The Hall–Kier alpha value is -1.77. The lowest BCUT2D eigenvalue weighted by Gasteiger charge is -2.19. The number of aromatic hydroxyl groups is 1. The third kappa shape index (κ3) is 2.73. The summed E-state index contributed by atoms with van der Waals surface area (Å²) in [6.45, 7) is 3.90. The van der Waals surface area contributed by atoms with Crippen molar-refractivity contribution in [3.8, 4) is 5.75 Å². The summed E-state index contributed by atoms with van der Waals surface area (Å²) in [5.74, 6) is 0.557. The Kier molecular flexibility index (Phi) is 3.70. The maximum atomic E-state index is 11.9. The van der Waals surface area contributed by atoms with Gasteiger partial charge in [-0.3, -0.25) is 4.79 Å². The van der Waals surface area contributed by atoms with E-state index in [0.717, 1.165) is 30.4 Å². The van der Waals surface area contributed by atoms with Gasteiger partial charge in [-0.15, -0.1) is 0 Å². The normalized spacial score (nSPS) is 22.2. The van der Waals surface area contributed by atoms with Gasteiger partial charge in [0.15, 0.2) is 5.78 Å². The molecule has 1 saturated carbocycles. The van der Waals surface area contributed by atoms with Crippen molar-refractivity contribution < 1.29 is 9.90 Å². The summed E-state index contributed by atoms with van der Waals surface area (Å²) in [4.78, 5) is 11.9. The molecule has 1 aliphatic carbocycles. The number of hydrogen-bond donors (Lipinski definition) is 2. The zero-order valence-corrected chi connectivity index (χ0v) is 10.9. The molecule has 0 aliphatic heterocycles. The van der Waals surface area contributed by atoms with Crippen LogP contribution in [0.25, 0.3) is 0 Å². The van der Waals surface area contributed by atoms with E-state index in [0.29, 0.717) is 5.69 Å². The summed E-state index contributed by atoms with van der Waals surface area (Å²) in [5, 5.41) is 12.8. The van der Waals surface area contributed by atoms with Crippen LogP contribution in [0.2, 0.25) is 0 Å². The van der Waals surface area contributed by atoms with Gasteiger partial charge in [-0.05, 0) is 43.9 Å². The van der Waals surface area contributed by atoms with E-state index in [1.165, 1.54) is 0 Å². The molecule has 96 valence electrons. The molecule has 1 aromatic rings. The molecule has 1 fully saturated rings. The van der Waals surface area contributed by atoms with Gasteiger partial charge >= 0.3 is 0 Å². The van der Waals surface area contributed by atoms with Crippen molar-refractivity contribution in [2.24, 2.45) is 5.92 Å². The number of rotatable bonds is 2. The lowest BCUT2D eigenvalue weighted by atomic mass is 9.86. The summed E-state index contributed by atoms with van der Waals surface area (Å²) in [5.41, 5.74) is 2.47. The Morgan fingerprint density at radius 1 is 1.44 bits per heavy atom. The van der Waals surface area contributed by atoms with Crippen LogP contribution in [-0.4, -0.2) is 10.9 Å². The van der Waals surface area contributed by atoms with Gasteiger partial charge in [-0.25, -0.2) is 0 Å². The van der Waals surface area contributed by atoms with Gasteiger partial charge in [-0.1, -0.05) is 13.0 Å². The summed E-state index contributed by atoms with van der Waals surface area (Å²) in [6, 6.07) is 5.44. The minimum Gasteiger partial charge on any atom is -0.506 e. The lowest BCUT2D eigenvalue weighted by molar-refractivity contribution is -0.119. The van der Waals surface area contributed by atoms with Crippen LogP contribution in [0.1, 0.15) is 31.7 Å². The van der Waals surface area contributed by atoms with Crippen LogP contribution in [0.3, 0.4) is 0 Å². The molecule has 0 radical (unpaired) electrons. The van der Waals surface area contributed by atoms with Crippen LogP contribution in [0.4, 0.5) is 5.69 Å². The maximum Gasteiger partial charge on any atom is 0.163 e. The fourth-order valence-electron chi connectivity index (χ4n) is 2.24. The van der Waals surface area contributed by atoms with Gasteiger partial charge in [0, 0.05) is 17.7 Å². The van der Waals surface area contributed by atoms with Crippen molar-refractivity contribution >= 4 is 11.5 Å². The third-order valence-corrected chi connectivity index (χ3v) is 3.40. The fraction of sp³-hybridized carbons (Fsp3) is 0.400. The Morgan fingerprint density at radius 2 is 2.22 bits per heavy atom. The number of hydrogen-bond acceptors (Lipinski definition) is 3. The molecule has 0 saturated heterocycles. The topological polar surface area (TPSA) is 49.3 Å². The second kappa shape index (κ2) is 5.25. The molecular formula is C15H19NO2. The Labute approximate surface area is 108 Å². The van der Waals surface area contributed by atoms with Crippen LogP contribution in [0.5, 0.6) is 5.75 Å². The van der Waals surface area contributed by atoms with E-state index >= 15 is 0 Å². The molecule has 2 N–H and O–H groups in total. The first-order chi connectivity index (χ1) is 8.58. The minimum absolute atomic E-state index is 0.124. The second-order valence-electron chi connectivity index (χ2n) is 4.99. The van der Waals surface area contributed by atoms with E-state index in [1.807, 2.05) is 26.0 Å². The molecule has 3 heteroatoms. The lowest BCUT2D eigenvalue weighted by Crippen LogP contribution is -2.19. The first kappa shape index (κ1) is 12.7. The number of phenolic OH excluding ortho intramolecular Hbond substituents is 1. The van der Waals surface area contributed by atoms with Gasteiger partial charge in [0.1, 0.15) is 5.75 Å². The Balaban J connectivity index is 2.12. The molecule has 0 spiro atoms. The van der Waals surface area contributed by atoms with E-state index in [9.17, 15) is 9.90 Å². The van der Waals surface area contributed by atoms with Crippen LogP contribution >= 0.6 is 0 Å². The van der Waals surface area contributed by atoms with Gasteiger partial charge in [0.2, 0.25) is 0 Å². The number of carbonyl (C=O) groups is 1. The average molecular weight is 245 g/mol. The molecule has 18 heavy (non-hydrogen) atoms. The number of carbonyl (C=O) groups excluding carboxylic acids is 1. The number of benzene rings is 1. The second-order valence-corrected chi connectivity index (χ2v) is 4.99. The van der Waals surface area contributed by atoms with Crippen molar-refractivity contribution in [1.29, 1.82) is 0 Å². The minimum atomic E-state index is 0.124. The van der Waals surface area contributed by atoms with Crippen LogP contribution < -0.4 is 5.32 Å². The van der Waals surface area contributed by atoms with E-state index in [-0.39, 0.29) is 17.5 Å². The molecule has 3 nitrogen and oxygen atoms in total. The SMILES string of the molecule is Cc1ccc(NC=C2CCCC(C)C2=O)c(O)c1. The molecule has 1 aliphatic rings. The van der Waals surface area contributed by atoms with Crippen LogP contribution in [0.15, 0.2) is 30.0 Å². The maximum absolute atomic E-state index is 11.9. The molecule has 1 atom stereocenters. The largest absolute Gasteiger partial charge is 0.506 e. The zero-order chi connectivity index (χ0) is 13.1. The Bertz CT molecular complexity index is 491. The standard InChI is InChI=1S/C15H19NO2/c1-10-6-7-13(14(17)8-10)16-9-12-5-3-4-11(2)15(12)18/h6-9,11,16-17H,3-5H2,1-2H3. The van der Waals surface area contributed by atoms with E-state index < -0.39 is 0 Å². The molecule has 0 amide bonds. The van der Waals surface area contributed by atoms with Crippen molar-refractivity contribution in [1.82, 2.24) is 0 Å². The number of phenols is 1. The predicted molar refractivity (Wildman–Crippen MR) is 72.6 cm³/mol. The average Bonchev–Trinajstić information content (AvgIpc) is 2.33. The summed E-state index contributed by atoms with van der Waals surface area (Å²) >= 11 is 0. The summed E-state index contributed by atoms with van der Waals surface area (Å²) < 4.78 is 0. The van der Waals surface area contributed by atoms with Gasteiger partial charge in [0.05, 0.1) is 5.69 Å². The highest BCUT2D eigenvalue weighted by molar-refractivity contribution is 5.97. The highest BCUT2D eigenvalue weighted by atomic mass is 16.3. The molecule has 0 aromatic heterocycles. The number of allylic oxidation sites excluding steroid dienone is 1. The van der Waals surface area contributed by atoms with Crippen molar-refractivity contribution in [3.63, 3.8) is 0 Å². The smallest absolute Gasteiger partial charge is 0.163 e. The van der Waals surface area contributed by atoms with Crippen molar-refractivity contribution in [2.45, 2.75) is 33.1 Å². The molecule has 2 rings (SSSR count).